The Bertz CT molecular complexity index is 597. The summed E-state index contributed by atoms with van der Waals surface area (Å²) in [5.41, 5.74) is 5.04. The van der Waals surface area contributed by atoms with Gasteiger partial charge in [-0.05, 0) is 25.1 Å². The standard InChI is InChI=1S/C17H20N2O2/c1-3-21-17-11-7-5-9-15(17)13-19-18-12-14-8-4-6-10-16(14)20-2/h4-11,13,18H,3,12H2,1-2H3/b19-13-. The van der Waals surface area contributed by atoms with Crippen molar-refractivity contribution in [3.8, 4) is 11.5 Å². The number of methoxy groups -OCH3 is 1. The summed E-state index contributed by atoms with van der Waals surface area (Å²) in [6, 6.07) is 15.7. The fourth-order valence-electron chi connectivity index (χ4n) is 1.97. The van der Waals surface area contributed by atoms with E-state index in [1.165, 1.54) is 0 Å². The minimum atomic E-state index is 0.608. The van der Waals surface area contributed by atoms with Gasteiger partial charge in [-0.2, -0.15) is 5.10 Å². The van der Waals surface area contributed by atoms with Crippen LogP contribution in [0.4, 0.5) is 0 Å². The first-order valence-electron chi connectivity index (χ1n) is 6.94. The number of nitrogens with zero attached hydrogens (tertiary/aromatic N) is 1. The van der Waals surface area contributed by atoms with Crippen LogP contribution in [0.1, 0.15) is 18.1 Å². The van der Waals surface area contributed by atoms with E-state index in [-0.39, 0.29) is 0 Å². The van der Waals surface area contributed by atoms with Gasteiger partial charge in [0.25, 0.3) is 0 Å². The Balaban J connectivity index is 1.97. The highest BCUT2D eigenvalue weighted by Gasteiger charge is 2.00. The molecule has 2 aromatic rings. The predicted octanol–water partition coefficient (Wildman–Crippen LogP) is 3.22. The SMILES string of the molecule is CCOc1ccccc1/C=N\NCc1ccccc1OC. The quantitative estimate of drug-likeness (QED) is 0.627. The van der Waals surface area contributed by atoms with Crippen LogP contribution in [0.25, 0.3) is 0 Å². The summed E-state index contributed by atoms with van der Waals surface area (Å²) in [6.45, 7) is 3.21. The lowest BCUT2D eigenvalue weighted by molar-refractivity contribution is 0.340. The Morgan fingerprint density at radius 3 is 2.52 bits per heavy atom. The molecule has 0 bridgehead atoms. The van der Waals surface area contributed by atoms with Crippen LogP contribution in [0.3, 0.4) is 0 Å². The maximum absolute atomic E-state index is 5.55. The molecule has 0 aromatic heterocycles. The van der Waals surface area contributed by atoms with Crippen molar-refractivity contribution in [3.05, 3.63) is 59.7 Å². The molecule has 1 N–H and O–H groups in total. The highest BCUT2D eigenvalue weighted by atomic mass is 16.5. The average molecular weight is 284 g/mol. The number of nitrogens with one attached hydrogen (secondary N) is 1. The van der Waals surface area contributed by atoms with Crippen molar-refractivity contribution in [2.45, 2.75) is 13.5 Å². The molecular weight excluding hydrogens is 264 g/mol. The van der Waals surface area contributed by atoms with E-state index in [1.807, 2.05) is 55.5 Å². The van der Waals surface area contributed by atoms with E-state index in [1.54, 1.807) is 13.3 Å². The summed E-state index contributed by atoms with van der Waals surface area (Å²) in [4.78, 5) is 0. The van der Waals surface area contributed by atoms with Crippen LogP contribution in [-0.4, -0.2) is 19.9 Å². The van der Waals surface area contributed by atoms with Crippen molar-refractivity contribution in [2.24, 2.45) is 5.10 Å². The number of hydrogen-bond acceptors (Lipinski definition) is 4. The number of rotatable bonds is 7. The molecule has 4 heteroatoms. The van der Waals surface area contributed by atoms with Gasteiger partial charge in [-0.1, -0.05) is 30.3 Å². The number of benzene rings is 2. The van der Waals surface area contributed by atoms with E-state index in [9.17, 15) is 0 Å². The van der Waals surface area contributed by atoms with Crippen molar-refractivity contribution in [1.29, 1.82) is 0 Å². The molecule has 0 spiro atoms. The van der Waals surface area contributed by atoms with Crippen molar-refractivity contribution in [3.63, 3.8) is 0 Å². The molecule has 2 rings (SSSR count). The molecule has 21 heavy (non-hydrogen) atoms. The Labute approximate surface area is 125 Å². The summed E-state index contributed by atoms with van der Waals surface area (Å²) in [7, 11) is 1.67. The predicted molar refractivity (Wildman–Crippen MR) is 85.0 cm³/mol. The summed E-state index contributed by atoms with van der Waals surface area (Å²) < 4.78 is 10.8. The summed E-state index contributed by atoms with van der Waals surface area (Å²) >= 11 is 0. The molecular formula is C17H20N2O2. The maximum Gasteiger partial charge on any atom is 0.128 e. The third-order valence-corrected chi connectivity index (χ3v) is 2.98. The second kappa shape index (κ2) is 7.94. The zero-order valence-corrected chi connectivity index (χ0v) is 12.4. The van der Waals surface area contributed by atoms with Gasteiger partial charge in [0.15, 0.2) is 0 Å². The highest BCUT2D eigenvalue weighted by molar-refractivity contribution is 5.83. The minimum Gasteiger partial charge on any atom is -0.496 e. The lowest BCUT2D eigenvalue weighted by atomic mass is 10.2. The molecule has 0 unspecified atom stereocenters. The molecule has 0 atom stereocenters. The van der Waals surface area contributed by atoms with E-state index in [0.717, 1.165) is 22.6 Å². The zero-order valence-electron chi connectivity index (χ0n) is 12.4. The first-order chi connectivity index (χ1) is 10.3. The molecule has 0 saturated heterocycles. The molecule has 110 valence electrons. The number of para-hydroxylation sites is 2. The zero-order chi connectivity index (χ0) is 14.9. The van der Waals surface area contributed by atoms with Crippen molar-refractivity contribution in [1.82, 2.24) is 5.43 Å². The van der Waals surface area contributed by atoms with Gasteiger partial charge in [-0.15, -0.1) is 0 Å². The van der Waals surface area contributed by atoms with Gasteiger partial charge in [0.1, 0.15) is 11.5 Å². The van der Waals surface area contributed by atoms with Crippen LogP contribution in [0.5, 0.6) is 11.5 Å². The topological polar surface area (TPSA) is 42.8 Å². The molecule has 0 amide bonds. The van der Waals surface area contributed by atoms with Crippen molar-refractivity contribution < 1.29 is 9.47 Å². The van der Waals surface area contributed by atoms with Crippen LogP contribution >= 0.6 is 0 Å². The molecule has 0 aliphatic rings. The molecule has 2 aromatic carbocycles. The lowest BCUT2D eigenvalue weighted by Crippen LogP contribution is -2.07. The number of ether oxygens (including phenoxy) is 2. The van der Waals surface area contributed by atoms with Gasteiger partial charge in [0.05, 0.1) is 26.5 Å². The van der Waals surface area contributed by atoms with Crippen molar-refractivity contribution >= 4 is 6.21 Å². The number of hydrogen-bond donors (Lipinski definition) is 1. The van der Waals surface area contributed by atoms with Crippen molar-refractivity contribution in [2.75, 3.05) is 13.7 Å². The lowest BCUT2D eigenvalue weighted by Gasteiger charge is -2.08. The summed E-state index contributed by atoms with van der Waals surface area (Å²) in [5, 5.41) is 4.24. The van der Waals surface area contributed by atoms with Gasteiger partial charge in [0, 0.05) is 11.1 Å². The van der Waals surface area contributed by atoms with E-state index >= 15 is 0 Å². The molecule has 0 radical (unpaired) electrons. The van der Waals surface area contributed by atoms with Gasteiger partial charge in [-0.3, -0.25) is 0 Å². The smallest absolute Gasteiger partial charge is 0.128 e. The first kappa shape index (κ1) is 14.9. The minimum absolute atomic E-state index is 0.608. The van der Waals surface area contributed by atoms with Crippen LogP contribution in [0.15, 0.2) is 53.6 Å². The van der Waals surface area contributed by atoms with E-state index in [4.69, 9.17) is 9.47 Å². The van der Waals surface area contributed by atoms with E-state index in [0.29, 0.717) is 13.2 Å². The Morgan fingerprint density at radius 1 is 1.05 bits per heavy atom. The summed E-state index contributed by atoms with van der Waals surface area (Å²) in [5.74, 6) is 1.69. The van der Waals surface area contributed by atoms with Gasteiger partial charge in [-0.25, -0.2) is 0 Å². The Kier molecular flexibility index (Phi) is 5.64. The largest absolute Gasteiger partial charge is 0.496 e. The van der Waals surface area contributed by atoms with E-state index < -0.39 is 0 Å². The monoisotopic (exact) mass is 284 g/mol. The van der Waals surface area contributed by atoms with Crippen LogP contribution < -0.4 is 14.9 Å². The molecule has 0 aliphatic heterocycles. The second-order valence-corrected chi connectivity index (χ2v) is 4.38. The maximum atomic E-state index is 5.55. The molecule has 0 saturated carbocycles. The van der Waals surface area contributed by atoms with Crippen LogP contribution in [-0.2, 0) is 6.54 Å². The van der Waals surface area contributed by atoms with Gasteiger partial charge < -0.3 is 14.9 Å². The van der Waals surface area contributed by atoms with Gasteiger partial charge >= 0.3 is 0 Å². The first-order valence-corrected chi connectivity index (χ1v) is 6.94. The molecule has 0 fully saturated rings. The average Bonchev–Trinajstić information content (AvgIpc) is 2.53. The third-order valence-electron chi connectivity index (χ3n) is 2.98. The third kappa shape index (κ3) is 4.24. The molecule has 4 nitrogen and oxygen atoms in total. The normalized spacial score (nSPS) is 10.6. The van der Waals surface area contributed by atoms with Crippen LogP contribution in [0.2, 0.25) is 0 Å². The Morgan fingerprint density at radius 2 is 1.76 bits per heavy atom. The molecule has 0 heterocycles. The van der Waals surface area contributed by atoms with Crippen LogP contribution in [0, 0.1) is 0 Å². The molecule has 0 aliphatic carbocycles. The second-order valence-electron chi connectivity index (χ2n) is 4.38. The fourth-order valence-corrected chi connectivity index (χ4v) is 1.97. The summed E-state index contributed by atoms with van der Waals surface area (Å²) in [6.07, 6.45) is 1.76. The number of hydrazone groups is 1. The fraction of sp³-hybridized carbons (Fsp3) is 0.235. The highest BCUT2D eigenvalue weighted by Crippen LogP contribution is 2.17. The van der Waals surface area contributed by atoms with Gasteiger partial charge in [0.2, 0.25) is 0 Å². The van der Waals surface area contributed by atoms with E-state index in [2.05, 4.69) is 10.5 Å². The Hall–Kier alpha value is -2.49.